The highest BCUT2D eigenvalue weighted by molar-refractivity contribution is 5.99. The van der Waals surface area contributed by atoms with Crippen LogP contribution in [0.3, 0.4) is 0 Å². The molecule has 0 unspecified atom stereocenters. The van der Waals surface area contributed by atoms with E-state index in [1.54, 1.807) is 22.8 Å². The lowest BCUT2D eigenvalue weighted by Gasteiger charge is -1.95. The van der Waals surface area contributed by atoms with Crippen molar-refractivity contribution in [1.82, 2.24) is 14.6 Å². The molecule has 60 valence electrons. The minimum atomic E-state index is 0.00796. The molecule has 12 heavy (non-hydrogen) atoms. The van der Waals surface area contributed by atoms with Crippen LogP contribution in [0.1, 0.15) is 17.3 Å². The molecule has 2 aromatic heterocycles. The average Bonchev–Trinajstić information content (AvgIpc) is 2.49. The molecule has 0 aliphatic carbocycles. The molecular weight excluding hydrogens is 154 g/mol. The molecule has 4 nitrogen and oxygen atoms in total. The van der Waals surface area contributed by atoms with Gasteiger partial charge in [-0.3, -0.25) is 4.79 Å². The van der Waals surface area contributed by atoms with Crippen LogP contribution in [0.2, 0.25) is 0 Å². The molecule has 2 rings (SSSR count). The van der Waals surface area contributed by atoms with Crippen molar-refractivity contribution in [3.63, 3.8) is 0 Å². The Kier molecular flexibility index (Phi) is 1.40. The number of hydrogen-bond donors (Lipinski definition) is 0. The van der Waals surface area contributed by atoms with Gasteiger partial charge in [-0.15, -0.1) is 0 Å². The van der Waals surface area contributed by atoms with E-state index in [4.69, 9.17) is 0 Å². The quantitative estimate of drug-likeness (QED) is 0.584. The van der Waals surface area contributed by atoms with E-state index in [9.17, 15) is 4.79 Å². The number of pyridine rings is 1. The molecular formula is C8H7N3O. The zero-order valence-electron chi connectivity index (χ0n) is 6.56. The molecule has 0 atom stereocenters. The number of carbonyl (C=O) groups excluding carboxylic acids is 1. The Morgan fingerprint density at radius 2 is 2.42 bits per heavy atom. The summed E-state index contributed by atoms with van der Waals surface area (Å²) in [5, 5.41) is 3.92. The van der Waals surface area contributed by atoms with Crippen LogP contribution < -0.4 is 0 Å². The van der Waals surface area contributed by atoms with Crippen molar-refractivity contribution in [3.05, 3.63) is 30.2 Å². The van der Waals surface area contributed by atoms with E-state index >= 15 is 0 Å². The predicted molar refractivity (Wildman–Crippen MR) is 43.0 cm³/mol. The maximum atomic E-state index is 11.1. The van der Waals surface area contributed by atoms with E-state index in [2.05, 4.69) is 10.1 Å². The zero-order valence-corrected chi connectivity index (χ0v) is 6.56. The molecule has 0 bridgehead atoms. The summed E-state index contributed by atoms with van der Waals surface area (Å²) in [6.45, 7) is 1.52. The zero-order chi connectivity index (χ0) is 8.55. The van der Waals surface area contributed by atoms with Gasteiger partial charge in [-0.05, 0) is 19.1 Å². The van der Waals surface area contributed by atoms with Crippen LogP contribution in [0, 0.1) is 0 Å². The standard InChI is InChI=1S/C8H7N3O/c1-6(12)7-3-2-4-11-8(7)9-5-10-11/h2-5H,1H3. The van der Waals surface area contributed by atoms with Gasteiger partial charge >= 0.3 is 0 Å². The van der Waals surface area contributed by atoms with Crippen molar-refractivity contribution >= 4 is 11.4 Å². The first-order valence-corrected chi connectivity index (χ1v) is 3.58. The van der Waals surface area contributed by atoms with Gasteiger partial charge in [0.15, 0.2) is 11.4 Å². The van der Waals surface area contributed by atoms with E-state index in [0.29, 0.717) is 11.2 Å². The third-order valence-corrected chi connectivity index (χ3v) is 1.68. The molecule has 0 saturated heterocycles. The molecule has 4 heteroatoms. The average molecular weight is 161 g/mol. The second-order valence-corrected chi connectivity index (χ2v) is 2.51. The summed E-state index contributed by atoms with van der Waals surface area (Å²) in [7, 11) is 0. The minimum Gasteiger partial charge on any atom is -0.294 e. The number of hydrogen-bond acceptors (Lipinski definition) is 3. The summed E-state index contributed by atoms with van der Waals surface area (Å²) in [6.07, 6.45) is 3.19. The second-order valence-electron chi connectivity index (χ2n) is 2.51. The Balaban J connectivity index is 2.82. The van der Waals surface area contributed by atoms with Crippen molar-refractivity contribution in [3.8, 4) is 0 Å². The Labute approximate surface area is 68.8 Å². The van der Waals surface area contributed by atoms with Crippen LogP contribution in [0.25, 0.3) is 5.65 Å². The number of carbonyl (C=O) groups is 1. The fourth-order valence-electron chi connectivity index (χ4n) is 1.12. The highest BCUT2D eigenvalue weighted by atomic mass is 16.1. The number of aromatic nitrogens is 3. The number of fused-ring (bicyclic) bond motifs is 1. The van der Waals surface area contributed by atoms with Crippen LogP contribution in [0.15, 0.2) is 24.7 Å². The van der Waals surface area contributed by atoms with Gasteiger partial charge in [0.1, 0.15) is 6.33 Å². The van der Waals surface area contributed by atoms with Crippen LogP contribution >= 0.6 is 0 Å². The van der Waals surface area contributed by atoms with E-state index in [0.717, 1.165) is 0 Å². The highest BCUT2D eigenvalue weighted by Gasteiger charge is 2.05. The summed E-state index contributed by atoms with van der Waals surface area (Å²) < 4.78 is 1.58. The number of Topliss-reactive ketones (excluding diaryl/α,β-unsaturated/α-hetero) is 1. The number of ketones is 1. The summed E-state index contributed by atoms with van der Waals surface area (Å²) >= 11 is 0. The molecule has 2 aromatic rings. The van der Waals surface area contributed by atoms with Crippen molar-refractivity contribution in [2.75, 3.05) is 0 Å². The van der Waals surface area contributed by atoms with Crippen LogP contribution in [-0.2, 0) is 0 Å². The van der Waals surface area contributed by atoms with Crippen LogP contribution in [0.4, 0.5) is 0 Å². The summed E-state index contributed by atoms with van der Waals surface area (Å²) in [6, 6.07) is 3.52. The van der Waals surface area contributed by atoms with Crippen molar-refractivity contribution < 1.29 is 4.79 Å². The first-order valence-electron chi connectivity index (χ1n) is 3.58. The lowest BCUT2D eigenvalue weighted by molar-refractivity contribution is 0.101. The molecule has 0 N–H and O–H groups in total. The molecule has 0 saturated carbocycles. The highest BCUT2D eigenvalue weighted by Crippen LogP contribution is 2.06. The van der Waals surface area contributed by atoms with E-state index in [1.165, 1.54) is 13.3 Å². The monoisotopic (exact) mass is 161 g/mol. The Morgan fingerprint density at radius 3 is 3.17 bits per heavy atom. The van der Waals surface area contributed by atoms with Crippen molar-refractivity contribution in [2.45, 2.75) is 6.92 Å². The van der Waals surface area contributed by atoms with Crippen LogP contribution in [-0.4, -0.2) is 20.4 Å². The normalized spacial score (nSPS) is 10.4. The van der Waals surface area contributed by atoms with E-state index < -0.39 is 0 Å². The molecule has 0 aliphatic rings. The maximum Gasteiger partial charge on any atom is 0.166 e. The van der Waals surface area contributed by atoms with Gasteiger partial charge in [-0.2, -0.15) is 5.10 Å². The van der Waals surface area contributed by atoms with Gasteiger partial charge in [-0.25, -0.2) is 9.50 Å². The van der Waals surface area contributed by atoms with Crippen molar-refractivity contribution in [2.24, 2.45) is 0 Å². The SMILES string of the molecule is CC(=O)c1cccn2ncnc12. The number of nitrogens with zero attached hydrogens (tertiary/aromatic N) is 3. The topological polar surface area (TPSA) is 47.3 Å². The van der Waals surface area contributed by atoms with Gasteiger partial charge in [0.05, 0.1) is 5.56 Å². The molecule has 0 aliphatic heterocycles. The summed E-state index contributed by atoms with van der Waals surface area (Å²) in [4.78, 5) is 15.0. The fourth-order valence-corrected chi connectivity index (χ4v) is 1.12. The molecule has 0 spiro atoms. The fraction of sp³-hybridized carbons (Fsp3) is 0.125. The lowest BCUT2D eigenvalue weighted by Crippen LogP contribution is -1.97. The van der Waals surface area contributed by atoms with Gasteiger partial charge in [0, 0.05) is 6.20 Å². The van der Waals surface area contributed by atoms with Crippen molar-refractivity contribution in [1.29, 1.82) is 0 Å². The minimum absolute atomic E-state index is 0.00796. The smallest absolute Gasteiger partial charge is 0.166 e. The lowest BCUT2D eigenvalue weighted by atomic mass is 10.2. The van der Waals surface area contributed by atoms with Gasteiger partial charge in [-0.1, -0.05) is 0 Å². The third kappa shape index (κ3) is 0.887. The van der Waals surface area contributed by atoms with E-state index in [1.807, 2.05) is 0 Å². The molecule has 0 aromatic carbocycles. The Hall–Kier alpha value is -1.71. The Morgan fingerprint density at radius 1 is 1.58 bits per heavy atom. The number of rotatable bonds is 1. The molecule has 0 radical (unpaired) electrons. The van der Waals surface area contributed by atoms with Crippen LogP contribution in [0.5, 0.6) is 0 Å². The predicted octanol–water partition coefficient (Wildman–Crippen LogP) is 0.932. The molecule has 0 amide bonds. The Bertz CT molecular complexity index is 433. The first kappa shape index (κ1) is 6.97. The second kappa shape index (κ2) is 2.41. The van der Waals surface area contributed by atoms with Gasteiger partial charge in [0.25, 0.3) is 0 Å². The molecule has 0 fully saturated rings. The van der Waals surface area contributed by atoms with Gasteiger partial charge < -0.3 is 0 Å². The molecule has 2 heterocycles. The summed E-state index contributed by atoms with van der Waals surface area (Å²) in [5.74, 6) is 0.00796. The maximum absolute atomic E-state index is 11.1. The van der Waals surface area contributed by atoms with E-state index in [-0.39, 0.29) is 5.78 Å². The largest absolute Gasteiger partial charge is 0.294 e. The summed E-state index contributed by atoms with van der Waals surface area (Å²) in [5.41, 5.74) is 1.22. The first-order chi connectivity index (χ1) is 5.79. The van der Waals surface area contributed by atoms with Gasteiger partial charge in [0.2, 0.25) is 0 Å². The third-order valence-electron chi connectivity index (χ3n) is 1.68.